The van der Waals surface area contributed by atoms with E-state index in [-0.39, 0.29) is 12.3 Å². The van der Waals surface area contributed by atoms with Crippen LogP contribution in [0.2, 0.25) is 0 Å². The molecule has 0 N–H and O–H groups in total. The molecule has 0 aliphatic carbocycles. The van der Waals surface area contributed by atoms with Crippen molar-refractivity contribution in [3.05, 3.63) is 53.9 Å². The van der Waals surface area contributed by atoms with Gasteiger partial charge in [-0.15, -0.1) is 10.2 Å². The third-order valence-electron chi connectivity index (χ3n) is 3.56. The molecule has 0 unspecified atom stereocenters. The molecule has 2 aromatic heterocycles. The number of hydrogen-bond donors (Lipinski definition) is 0. The molecule has 0 fully saturated rings. The minimum atomic E-state index is -0.521. The van der Waals surface area contributed by atoms with Crippen LogP contribution in [0.3, 0.4) is 0 Å². The summed E-state index contributed by atoms with van der Waals surface area (Å²) < 4.78 is 11.9. The van der Waals surface area contributed by atoms with Crippen molar-refractivity contribution in [3.8, 4) is 5.75 Å². The van der Waals surface area contributed by atoms with Gasteiger partial charge in [0.2, 0.25) is 0 Å². The number of methoxy groups -OCH3 is 1. The van der Waals surface area contributed by atoms with Crippen LogP contribution >= 0.6 is 0 Å². The SMILES string of the molecule is CCOC(=O)c1nc2cc(C)ccn2c1N=Nc1ccc(OC)cc1. The van der Waals surface area contributed by atoms with Gasteiger partial charge in [-0.05, 0) is 55.8 Å². The second kappa shape index (κ2) is 7.12. The number of esters is 1. The van der Waals surface area contributed by atoms with Gasteiger partial charge in [0.1, 0.15) is 11.4 Å². The van der Waals surface area contributed by atoms with Crippen LogP contribution in [0.1, 0.15) is 23.0 Å². The number of imidazole rings is 1. The predicted molar refractivity (Wildman–Crippen MR) is 93.1 cm³/mol. The van der Waals surface area contributed by atoms with Gasteiger partial charge >= 0.3 is 5.97 Å². The number of benzene rings is 1. The summed E-state index contributed by atoms with van der Waals surface area (Å²) in [5.41, 5.74) is 2.43. The normalized spacial score (nSPS) is 11.2. The highest BCUT2D eigenvalue weighted by atomic mass is 16.5. The molecule has 0 atom stereocenters. The van der Waals surface area contributed by atoms with Gasteiger partial charge in [0.15, 0.2) is 11.5 Å². The van der Waals surface area contributed by atoms with Crippen molar-refractivity contribution in [2.24, 2.45) is 10.2 Å². The molecule has 3 aromatic rings. The smallest absolute Gasteiger partial charge is 0.360 e. The zero-order valence-electron chi connectivity index (χ0n) is 14.3. The van der Waals surface area contributed by atoms with Crippen LogP contribution in [0.25, 0.3) is 5.65 Å². The second-order valence-corrected chi connectivity index (χ2v) is 5.33. The number of azo groups is 1. The summed E-state index contributed by atoms with van der Waals surface area (Å²) in [6.07, 6.45) is 1.81. The van der Waals surface area contributed by atoms with E-state index < -0.39 is 5.97 Å². The monoisotopic (exact) mass is 338 g/mol. The number of ether oxygens (including phenoxy) is 2. The molecule has 0 bridgehead atoms. The third kappa shape index (κ3) is 3.50. The molecule has 0 amide bonds. The maximum atomic E-state index is 12.2. The number of carbonyl (C=O) groups is 1. The molecular weight excluding hydrogens is 320 g/mol. The Hall–Kier alpha value is -3.22. The Labute approximate surface area is 144 Å². The quantitative estimate of drug-likeness (QED) is 0.515. The average Bonchev–Trinajstić information content (AvgIpc) is 2.98. The van der Waals surface area contributed by atoms with Gasteiger partial charge < -0.3 is 9.47 Å². The van der Waals surface area contributed by atoms with Crippen molar-refractivity contribution in [2.75, 3.05) is 13.7 Å². The number of pyridine rings is 1. The Morgan fingerprint density at radius 1 is 1.20 bits per heavy atom. The van der Waals surface area contributed by atoms with E-state index >= 15 is 0 Å². The first kappa shape index (κ1) is 16.6. The van der Waals surface area contributed by atoms with Crippen molar-refractivity contribution in [3.63, 3.8) is 0 Å². The van der Waals surface area contributed by atoms with E-state index in [9.17, 15) is 4.79 Å². The minimum Gasteiger partial charge on any atom is -0.497 e. The van der Waals surface area contributed by atoms with Gasteiger partial charge in [-0.3, -0.25) is 4.40 Å². The molecule has 1 aromatic carbocycles. The van der Waals surface area contributed by atoms with Crippen LogP contribution in [0, 0.1) is 6.92 Å². The number of nitrogens with zero attached hydrogens (tertiary/aromatic N) is 4. The molecule has 0 aliphatic heterocycles. The zero-order chi connectivity index (χ0) is 17.8. The van der Waals surface area contributed by atoms with Gasteiger partial charge in [-0.1, -0.05) is 0 Å². The van der Waals surface area contributed by atoms with Crippen LogP contribution < -0.4 is 4.74 Å². The molecular formula is C18H18N4O3. The number of rotatable bonds is 5. The summed E-state index contributed by atoms with van der Waals surface area (Å²) in [4.78, 5) is 16.5. The molecule has 25 heavy (non-hydrogen) atoms. The summed E-state index contributed by atoms with van der Waals surface area (Å²) in [7, 11) is 1.60. The Kier molecular flexibility index (Phi) is 4.74. The lowest BCUT2D eigenvalue weighted by atomic mass is 10.3. The second-order valence-electron chi connectivity index (χ2n) is 5.33. The number of carbonyl (C=O) groups excluding carboxylic acids is 1. The van der Waals surface area contributed by atoms with Gasteiger partial charge in [-0.25, -0.2) is 9.78 Å². The topological polar surface area (TPSA) is 77.5 Å². The zero-order valence-corrected chi connectivity index (χ0v) is 14.3. The van der Waals surface area contributed by atoms with E-state index in [0.717, 1.165) is 11.3 Å². The minimum absolute atomic E-state index is 0.143. The van der Waals surface area contributed by atoms with E-state index in [4.69, 9.17) is 9.47 Å². The Bertz CT molecular complexity index is 929. The standard InChI is InChI=1S/C18H18N4O3/c1-4-25-18(23)16-17(22-10-9-12(2)11-15(22)19-16)21-20-13-5-7-14(24-3)8-6-13/h5-11H,4H2,1-3H3. The van der Waals surface area contributed by atoms with E-state index in [1.54, 1.807) is 42.7 Å². The van der Waals surface area contributed by atoms with Crippen molar-refractivity contribution in [2.45, 2.75) is 13.8 Å². The number of fused-ring (bicyclic) bond motifs is 1. The summed E-state index contributed by atoms with van der Waals surface area (Å²) in [6.45, 7) is 3.97. The van der Waals surface area contributed by atoms with E-state index in [0.29, 0.717) is 17.2 Å². The first-order valence-electron chi connectivity index (χ1n) is 7.84. The fraction of sp³-hybridized carbons (Fsp3) is 0.222. The number of aryl methyl sites for hydroxylation is 1. The largest absolute Gasteiger partial charge is 0.497 e. The number of hydrogen-bond acceptors (Lipinski definition) is 6. The molecule has 7 heteroatoms. The molecule has 0 aliphatic rings. The highest BCUT2D eigenvalue weighted by Crippen LogP contribution is 2.26. The van der Waals surface area contributed by atoms with Crippen molar-refractivity contribution >= 4 is 23.1 Å². The number of aromatic nitrogens is 2. The highest BCUT2D eigenvalue weighted by molar-refractivity contribution is 5.93. The Balaban J connectivity index is 2.04. The summed E-state index contributed by atoms with van der Waals surface area (Å²) in [5, 5.41) is 8.44. The fourth-order valence-electron chi connectivity index (χ4n) is 2.32. The predicted octanol–water partition coefficient (Wildman–Crippen LogP) is 4.24. The molecule has 2 heterocycles. The first-order valence-corrected chi connectivity index (χ1v) is 7.84. The van der Waals surface area contributed by atoms with Gasteiger partial charge in [-0.2, -0.15) is 0 Å². The Morgan fingerprint density at radius 3 is 2.64 bits per heavy atom. The molecule has 0 saturated carbocycles. The van der Waals surface area contributed by atoms with Crippen molar-refractivity contribution in [1.29, 1.82) is 0 Å². The van der Waals surface area contributed by atoms with Crippen LogP contribution in [-0.2, 0) is 4.74 Å². The third-order valence-corrected chi connectivity index (χ3v) is 3.56. The lowest BCUT2D eigenvalue weighted by molar-refractivity contribution is 0.0521. The summed E-state index contributed by atoms with van der Waals surface area (Å²) in [6, 6.07) is 10.9. The molecule has 0 spiro atoms. The summed E-state index contributed by atoms with van der Waals surface area (Å²) >= 11 is 0. The molecule has 0 saturated heterocycles. The van der Waals surface area contributed by atoms with Gasteiger partial charge in [0.25, 0.3) is 0 Å². The van der Waals surface area contributed by atoms with Crippen molar-refractivity contribution < 1.29 is 14.3 Å². The van der Waals surface area contributed by atoms with Crippen LogP contribution in [0.4, 0.5) is 11.5 Å². The molecule has 0 radical (unpaired) electrons. The summed E-state index contributed by atoms with van der Waals surface area (Å²) in [5.74, 6) is 0.549. The van der Waals surface area contributed by atoms with E-state index in [2.05, 4.69) is 15.2 Å². The van der Waals surface area contributed by atoms with E-state index in [1.807, 2.05) is 25.3 Å². The lowest BCUT2D eigenvalue weighted by Crippen LogP contribution is -2.05. The van der Waals surface area contributed by atoms with Crippen molar-refractivity contribution in [1.82, 2.24) is 9.38 Å². The van der Waals surface area contributed by atoms with E-state index in [1.165, 1.54) is 0 Å². The van der Waals surface area contributed by atoms with Gasteiger partial charge in [0.05, 0.1) is 19.4 Å². The van der Waals surface area contributed by atoms with Crippen LogP contribution in [0.15, 0.2) is 52.8 Å². The van der Waals surface area contributed by atoms with Gasteiger partial charge in [0, 0.05) is 6.20 Å². The Morgan fingerprint density at radius 2 is 1.96 bits per heavy atom. The highest BCUT2D eigenvalue weighted by Gasteiger charge is 2.20. The molecule has 3 rings (SSSR count). The first-order chi connectivity index (χ1) is 12.1. The van der Waals surface area contributed by atoms with Crippen LogP contribution in [0.5, 0.6) is 5.75 Å². The molecule has 7 nitrogen and oxygen atoms in total. The van der Waals surface area contributed by atoms with Crippen LogP contribution in [-0.4, -0.2) is 29.1 Å². The maximum absolute atomic E-state index is 12.2. The average molecular weight is 338 g/mol. The fourth-order valence-corrected chi connectivity index (χ4v) is 2.32. The maximum Gasteiger partial charge on any atom is 0.360 e. The molecule has 128 valence electrons. The lowest BCUT2D eigenvalue weighted by Gasteiger charge is -2.01.